The lowest BCUT2D eigenvalue weighted by Crippen LogP contribution is -2.44. The lowest BCUT2D eigenvalue weighted by atomic mass is 9.94. The van der Waals surface area contributed by atoms with Gasteiger partial charge in [-0.1, -0.05) is 19.8 Å². The Hall–Kier alpha value is -1.14. The van der Waals surface area contributed by atoms with Crippen molar-refractivity contribution in [1.29, 1.82) is 0 Å². The molecule has 0 bridgehead atoms. The summed E-state index contributed by atoms with van der Waals surface area (Å²) >= 11 is 0. The van der Waals surface area contributed by atoms with Crippen molar-refractivity contribution in [3.05, 3.63) is 0 Å². The molecule has 1 rings (SSSR count). The Morgan fingerprint density at radius 3 is 2.62 bits per heavy atom. The molecule has 6 heteroatoms. The first-order valence-corrected chi connectivity index (χ1v) is 7.77. The normalized spacial score (nSPS) is 23.0. The molecule has 1 saturated heterocycles. The van der Waals surface area contributed by atoms with Crippen molar-refractivity contribution >= 4 is 11.9 Å². The van der Waals surface area contributed by atoms with E-state index < -0.39 is 11.9 Å². The number of carbonyl (C=O) groups is 2. The molecule has 1 aliphatic rings. The summed E-state index contributed by atoms with van der Waals surface area (Å²) in [4.78, 5) is 25.0. The number of carboxylic acids is 1. The van der Waals surface area contributed by atoms with E-state index in [4.69, 9.17) is 15.6 Å². The molecule has 122 valence electrons. The summed E-state index contributed by atoms with van der Waals surface area (Å²) in [5.74, 6) is -1.04. The molecule has 1 heterocycles. The van der Waals surface area contributed by atoms with Crippen LogP contribution >= 0.6 is 0 Å². The summed E-state index contributed by atoms with van der Waals surface area (Å²) in [5.41, 5.74) is 5.60. The zero-order valence-corrected chi connectivity index (χ0v) is 13.1. The standard InChI is InChI=1S/C15H28N2O4/c1-3-4-11(7-8-16)5-6-14(18)17(2)13-10-21-9-12(13)15(19)20/h11-13H,3-10,16H2,1-2H3,(H,19,20). The third-order valence-corrected chi connectivity index (χ3v) is 4.30. The average molecular weight is 300 g/mol. The van der Waals surface area contributed by atoms with Crippen LogP contribution in [0.25, 0.3) is 0 Å². The van der Waals surface area contributed by atoms with Gasteiger partial charge in [-0.05, 0) is 25.3 Å². The van der Waals surface area contributed by atoms with Gasteiger partial charge in [0.25, 0.3) is 0 Å². The number of carboxylic acid groups (broad SMARTS) is 1. The molecule has 6 nitrogen and oxygen atoms in total. The Morgan fingerprint density at radius 1 is 1.33 bits per heavy atom. The van der Waals surface area contributed by atoms with E-state index in [-0.39, 0.29) is 18.6 Å². The summed E-state index contributed by atoms with van der Waals surface area (Å²) in [6.45, 7) is 3.26. The van der Waals surface area contributed by atoms with Crippen LogP contribution in [0.4, 0.5) is 0 Å². The summed E-state index contributed by atoms with van der Waals surface area (Å²) in [6, 6.07) is -0.353. The minimum absolute atomic E-state index is 0.00475. The average Bonchev–Trinajstić information content (AvgIpc) is 2.93. The zero-order chi connectivity index (χ0) is 15.8. The molecule has 0 aromatic rings. The number of aliphatic carboxylic acids is 1. The lowest BCUT2D eigenvalue weighted by Gasteiger charge is -2.27. The van der Waals surface area contributed by atoms with Crippen LogP contribution in [0.1, 0.15) is 39.0 Å². The van der Waals surface area contributed by atoms with Crippen molar-refractivity contribution in [2.24, 2.45) is 17.6 Å². The fourth-order valence-electron chi connectivity index (χ4n) is 2.93. The number of amides is 1. The number of rotatable bonds is 9. The van der Waals surface area contributed by atoms with E-state index in [1.807, 2.05) is 0 Å². The van der Waals surface area contributed by atoms with E-state index in [0.29, 0.717) is 25.5 Å². The van der Waals surface area contributed by atoms with E-state index in [1.54, 1.807) is 11.9 Å². The third-order valence-electron chi connectivity index (χ3n) is 4.30. The van der Waals surface area contributed by atoms with E-state index in [2.05, 4.69) is 6.92 Å². The van der Waals surface area contributed by atoms with Gasteiger partial charge in [0.2, 0.25) is 5.91 Å². The first-order chi connectivity index (χ1) is 10.0. The number of likely N-dealkylation sites (N-methyl/N-ethyl adjacent to an activating group) is 1. The monoisotopic (exact) mass is 300 g/mol. The maximum absolute atomic E-state index is 12.3. The molecule has 3 unspecified atom stereocenters. The quantitative estimate of drug-likeness (QED) is 0.665. The van der Waals surface area contributed by atoms with Crippen LogP contribution < -0.4 is 5.73 Å². The topological polar surface area (TPSA) is 92.9 Å². The van der Waals surface area contributed by atoms with Gasteiger partial charge >= 0.3 is 5.97 Å². The Bertz CT molecular complexity index is 343. The highest BCUT2D eigenvalue weighted by molar-refractivity contribution is 5.78. The highest BCUT2D eigenvalue weighted by Crippen LogP contribution is 2.22. The highest BCUT2D eigenvalue weighted by atomic mass is 16.5. The Morgan fingerprint density at radius 2 is 2.05 bits per heavy atom. The van der Waals surface area contributed by atoms with Crippen LogP contribution in [0.5, 0.6) is 0 Å². The van der Waals surface area contributed by atoms with Gasteiger partial charge in [-0.3, -0.25) is 9.59 Å². The molecule has 0 aromatic carbocycles. The van der Waals surface area contributed by atoms with Gasteiger partial charge in [-0.2, -0.15) is 0 Å². The van der Waals surface area contributed by atoms with Gasteiger partial charge in [0.1, 0.15) is 5.92 Å². The van der Waals surface area contributed by atoms with Gasteiger partial charge in [-0.25, -0.2) is 0 Å². The van der Waals surface area contributed by atoms with E-state index in [1.165, 1.54) is 0 Å². The van der Waals surface area contributed by atoms with Crippen molar-refractivity contribution in [2.75, 3.05) is 26.8 Å². The molecule has 1 amide bonds. The zero-order valence-electron chi connectivity index (χ0n) is 13.1. The van der Waals surface area contributed by atoms with Gasteiger partial charge in [0.15, 0.2) is 0 Å². The van der Waals surface area contributed by atoms with Crippen LogP contribution in [-0.4, -0.2) is 54.7 Å². The Kier molecular flexibility index (Phi) is 7.67. The van der Waals surface area contributed by atoms with Crippen molar-refractivity contribution in [1.82, 2.24) is 4.90 Å². The Balaban J connectivity index is 2.48. The lowest BCUT2D eigenvalue weighted by molar-refractivity contribution is -0.144. The van der Waals surface area contributed by atoms with Crippen LogP contribution in [0.3, 0.4) is 0 Å². The molecule has 0 aromatic heterocycles. The highest BCUT2D eigenvalue weighted by Gasteiger charge is 2.38. The second kappa shape index (κ2) is 9.00. The van der Waals surface area contributed by atoms with Crippen molar-refractivity contribution in [2.45, 2.75) is 45.1 Å². The number of hydrogen-bond acceptors (Lipinski definition) is 4. The van der Waals surface area contributed by atoms with Crippen LogP contribution in [0.2, 0.25) is 0 Å². The molecule has 0 spiro atoms. The van der Waals surface area contributed by atoms with E-state index in [9.17, 15) is 9.59 Å². The minimum Gasteiger partial charge on any atom is -0.481 e. The second-order valence-electron chi connectivity index (χ2n) is 5.82. The third kappa shape index (κ3) is 5.28. The maximum Gasteiger partial charge on any atom is 0.311 e. The summed E-state index contributed by atoms with van der Waals surface area (Å²) < 4.78 is 5.21. The number of nitrogens with zero attached hydrogens (tertiary/aromatic N) is 1. The van der Waals surface area contributed by atoms with Gasteiger partial charge < -0.3 is 20.5 Å². The number of ether oxygens (including phenoxy) is 1. The van der Waals surface area contributed by atoms with Gasteiger partial charge in [0, 0.05) is 13.5 Å². The predicted molar refractivity (Wildman–Crippen MR) is 79.8 cm³/mol. The molecule has 1 fully saturated rings. The molecule has 3 atom stereocenters. The van der Waals surface area contributed by atoms with Crippen molar-refractivity contribution in [3.8, 4) is 0 Å². The molecule has 3 N–H and O–H groups in total. The SMILES string of the molecule is CCCC(CCN)CCC(=O)N(C)C1COCC1C(=O)O. The molecule has 21 heavy (non-hydrogen) atoms. The van der Waals surface area contributed by atoms with Crippen molar-refractivity contribution in [3.63, 3.8) is 0 Å². The fourth-order valence-corrected chi connectivity index (χ4v) is 2.93. The van der Waals surface area contributed by atoms with E-state index in [0.717, 1.165) is 25.7 Å². The molecule has 1 aliphatic heterocycles. The molecular formula is C15H28N2O4. The molecule has 0 radical (unpaired) electrons. The number of hydrogen-bond donors (Lipinski definition) is 2. The summed E-state index contributed by atoms with van der Waals surface area (Å²) in [7, 11) is 1.68. The largest absolute Gasteiger partial charge is 0.481 e. The van der Waals surface area contributed by atoms with Crippen LogP contribution in [-0.2, 0) is 14.3 Å². The molecule has 0 aliphatic carbocycles. The van der Waals surface area contributed by atoms with Crippen molar-refractivity contribution < 1.29 is 19.4 Å². The first-order valence-electron chi connectivity index (χ1n) is 7.77. The van der Waals surface area contributed by atoms with Crippen LogP contribution in [0.15, 0.2) is 0 Å². The second-order valence-corrected chi connectivity index (χ2v) is 5.82. The summed E-state index contributed by atoms with van der Waals surface area (Å²) in [5, 5.41) is 9.14. The summed E-state index contributed by atoms with van der Waals surface area (Å²) in [6.07, 6.45) is 4.38. The fraction of sp³-hybridized carbons (Fsp3) is 0.867. The van der Waals surface area contributed by atoms with Gasteiger partial charge in [0.05, 0.1) is 19.3 Å². The number of carbonyl (C=O) groups excluding carboxylic acids is 1. The van der Waals surface area contributed by atoms with Crippen LogP contribution in [0, 0.1) is 11.8 Å². The smallest absolute Gasteiger partial charge is 0.311 e. The van der Waals surface area contributed by atoms with Gasteiger partial charge in [-0.15, -0.1) is 0 Å². The molecule has 0 saturated carbocycles. The molecular weight excluding hydrogens is 272 g/mol. The van der Waals surface area contributed by atoms with E-state index >= 15 is 0 Å². The number of nitrogens with two attached hydrogens (primary N) is 1. The predicted octanol–water partition coefficient (Wildman–Crippen LogP) is 1.09. The minimum atomic E-state index is -0.899. The maximum atomic E-state index is 12.3. The Labute approximate surface area is 126 Å². The first kappa shape index (κ1) is 17.9.